The van der Waals surface area contributed by atoms with Gasteiger partial charge in [-0.3, -0.25) is 9.59 Å². The third-order valence-electron chi connectivity index (χ3n) is 2.84. The van der Waals surface area contributed by atoms with E-state index < -0.39 is 21.7 Å². The van der Waals surface area contributed by atoms with E-state index in [4.69, 9.17) is 5.11 Å². The van der Waals surface area contributed by atoms with Gasteiger partial charge in [0, 0.05) is 13.6 Å². The van der Waals surface area contributed by atoms with Crippen LogP contribution in [-0.2, 0) is 14.6 Å². The standard InChI is InChI=1S/C13H17NO5S/c1-3-20(18,19)11-7-5-4-6-10(11)13(17)14(2)9-8-12(15)16/h4-7H,3,8-9H2,1-2H3,(H,15,16). The Kier molecular flexibility index (Phi) is 5.26. The maximum atomic E-state index is 12.2. The van der Waals surface area contributed by atoms with Crippen LogP contribution in [0.2, 0.25) is 0 Å². The van der Waals surface area contributed by atoms with Crippen LogP contribution in [0.1, 0.15) is 23.7 Å². The average Bonchev–Trinajstić information content (AvgIpc) is 2.43. The van der Waals surface area contributed by atoms with Gasteiger partial charge in [-0.1, -0.05) is 19.1 Å². The minimum absolute atomic E-state index is 0.0188. The van der Waals surface area contributed by atoms with Crippen molar-refractivity contribution in [3.63, 3.8) is 0 Å². The van der Waals surface area contributed by atoms with E-state index in [-0.39, 0.29) is 29.2 Å². The normalized spacial score (nSPS) is 11.1. The molecular formula is C13H17NO5S. The highest BCUT2D eigenvalue weighted by Gasteiger charge is 2.22. The van der Waals surface area contributed by atoms with Crippen LogP contribution in [0.25, 0.3) is 0 Å². The molecule has 1 amide bonds. The fraction of sp³-hybridized carbons (Fsp3) is 0.385. The number of carbonyl (C=O) groups is 2. The molecule has 1 N–H and O–H groups in total. The van der Waals surface area contributed by atoms with Crippen LogP contribution >= 0.6 is 0 Å². The summed E-state index contributed by atoms with van der Waals surface area (Å²) in [6, 6.07) is 5.95. The Morgan fingerprint density at radius 3 is 2.40 bits per heavy atom. The molecule has 0 atom stereocenters. The SMILES string of the molecule is CCS(=O)(=O)c1ccccc1C(=O)N(C)CCC(=O)O. The molecule has 20 heavy (non-hydrogen) atoms. The second kappa shape index (κ2) is 6.51. The average molecular weight is 299 g/mol. The van der Waals surface area contributed by atoms with Crippen molar-refractivity contribution < 1.29 is 23.1 Å². The summed E-state index contributed by atoms with van der Waals surface area (Å²) in [6.07, 6.45) is -0.190. The van der Waals surface area contributed by atoms with Gasteiger partial charge in [-0.15, -0.1) is 0 Å². The van der Waals surface area contributed by atoms with E-state index in [9.17, 15) is 18.0 Å². The minimum Gasteiger partial charge on any atom is -0.481 e. The van der Waals surface area contributed by atoms with E-state index in [0.717, 1.165) is 0 Å². The summed E-state index contributed by atoms with van der Waals surface area (Å²) < 4.78 is 23.9. The molecule has 0 radical (unpaired) electrons. The maximum Gasteiger partial charge on any atom is 0.305 e. The molecule has 0 saturated carbocycles. The molecule has 0 heterocycles. The van der Waals surface area contributed by atoms with Crippen molar-refractivity contribution in [2.75, 3.05) is 19.3 Å². The van der Waals surface area contributed by atoms with Crippen LogP contribution in [0.5, 0.6) is 0 Å². The van der Waals surface area contributed by atoms with Gasteiger partial charge in [0.2, 0.25) is 0 Å². The fourth-order valence-electron chi connectivity index (χ4n) is 1.64. The topological polar surface area (TPSA) is 91.8 Å². The first-order chi connectivity index (χ1) is 9.29. The lowest BCUT2D eigenvalue weighted by Crippen LogP contribution is -2.30. The minimum atomic E-state index is -3.50. The van der Waals surface area contributed by atoms with Crippen molar-refractivity contribution in [2.45, 2.75) is 18.2 Å². The first kappa shape index (κ1) is 16.2. The number of benzene rings is 1. The number of carbonyl (C=O) groups excluding carboxylic acids is 1. The fourth-order valence-corrected chi connectivity index (χ4v) is 2.73. The van der Waals surface area contributed by atoms with Crippen LogP contribution in [0.4, 0.5) is 0 Å². The Balaban J connectivity index is 3.08. The number of amides is 1. The number of carboxylic acids is 1. The quantitative estimate of drug-likeness (QED) is 0.847. The molecule has 110 valence electrons. The van der Waals surface area contributed by atoms with Gasteiger partial charge in [0.15, 0.2) is 9.84 Å². The van der Waals surface area contributed by atoms with Crippen LogP contribution in [-0.4, -0.2) is 49.6 Å². The van der Waals surface area contributed by atoms with E-state index in [1.54, 1.807) is 12.1 Å². The molecule has 0 saturated heterocycles. The van der Waals surface area contributed by atoms with E-state index in [1.165, 1.54) is 31.0 Å². The molecule has 0 aliphatic carbocycles. The molecular weight excluding hydrogens is 282 g/mol. The lowest BCUT2D eigenvalue weighted by atomic mass is 10.2. The van der Waals surface area contributed by atoms with Crippen LogP contribution in [0.3, 0.4) is 0 Å². The Labute approximate surface area is 117 Å². The van der Waals surface area contributed by atoms with Gasteiger partial charge in [-0.2, -0.15) is 0 Å². The molecule has 1 rings (SSSR count). The predicted octanol–water partition coefficient (Wildman–Crippen LogP) is 1.03. The van der Waals surface area contributed by atoms with Gasteiger partial charge >= 0.3 is 5.97 Å². The second-order valence-electron chi connectivity index (χ2n) is 4.27. The number of aliphatic carboxylic acids is 1. The third kappa shape index (κ3) is 3.80. The molecule has 1 aromatic carbocycles. The van der Waals surface area contributed by atoms with E-state index >= 15 is 0 Å². The number of hydrogen-bond acceptors (Lipinski definition) is 4. The number of sulfone groups is 1. The largest absolute Gasteiger partial charge is 0.481 e. The van der Waals surface area contributed by atoms with Crippen molar-refractivity contribution in [1.29, 1.82) is 0 Å². The molecule has 0 spiro atoms. The predicted molar refractivity (Wildman–Crippen MR) is 73.4 cm³/mol. The summed E-state index contributed by atoms with van der Waals surface area (Å²) in [7, 11) is -2.06. The number of hydrogen-bond donors (Lipinski definition) is 1. The zero-order chi connectivity index (χ0) is 15.3. The smallest absolute Gasteiger partial charge is 0.305 e. The van der Waals surface area contributed by atoms with Gasteiger partial charge in [-0.05, 0) is 12.1 Å². The Morgan fingerprint density at radius 1 is 1.25 bits per heavy atom. The van der Waals surface area contributed by atoms with Gasteiger partial charge in [0.05, 0.1) is 22.6 Å². The van der Waals surface area contributed by atoms with Gasteiger partial charge in [0.1, 0.15) is 0 Å². The van der Waals surface area contributed by atoms with Crippen LogP contribution < -0.4 is 0 Å². The van der Waals surface area contributed by atoms with Crippen molar-refractivity contribution in [1.82, 2.24) is 4.90 Å². The van der Waals surface area contributed by atoms with Gasteiger partial charge in [-0.25, -0.2) is 8.42 Å². The molecule has 0 bridgehead atoms. The van der Waals surface area contributed by atoms with E-state index in [0.29, 0.717) is 0 Å². The first-order valence-electron chi connectivity index (χ1n) is 6.08. The summed E-state index contributed by atoms with van der Waals surface area (Å²) in [6.45, 7) is 1.53. The zero-order valence-electron chi connectivity index (χ0n) is 11.4. The second-order valence-corrected chi connectivity index (χ2v) is 6.52. The summed E-state index contributed by atoms with van der Waals surface area (Å²) in [5.41, 5.74) is 0.0715. The van der Waals surface area contributed by atoms with Gasteiger partial charge < -0.3 is 10.0 Å². The molecule has 0 aliphatic heterocycles. The molecule has 7 heteroatoms. The molecule has 0 aromatic heterocycles. The van der Waals surface area contributed by atoms with Crippen LogP contribution in [0.15, 0.2) is 29.2 Å². The highest BCUT2D eigenvalue weighted by molar-refractivity contribution is 7.91. The summed E-state index contributed by atoms with van der Waals surface area (Å²) in [5, 5.41) is 8.60. The van der Waals surface area contributed by atoms with E-state index in [2.05, 4.69) is 0 Å². The molecule has 0 unspecified atom stereocenters. The lowest BCUT2D eigenvalue weighted by molar-refractivity contribution is -0.137. The molecule has 0 aliphatic rings. The number of carboxylic acid groups (broad SMARTS) is 1. The van der Waals surface area contributed by atoms with Crippen molar-refractivity contribution in [3.05, 3.63) is 29.8 Å². The van der Waals surface area contributed by atoms with E-state index in [1.807, 2.05) is 0 Å². The summed E-state index contributed by atoms with van der Waals surface area (Å²) in [5.74, 6) is -1.62. The Bertz CT molecular complexity index is 609. The highest BCUT2D eigenvalue weighted by Crippen LogP contribution is 2.18. The van der Waals surface area contributed by atoms with Crippen LogP contribution in [0, 0.1) is 0 Å². The van der Waals surface area contributed by atoms with Crippen molar-refractivity contribution >= 4 is 21.7 Å². The third-order valence-corrected chi connectivity index (χ3v) is 4.63. The maximum absolute atomic E-state index is 12.2. The van der Waals surface area contributed by atoms with Crippen molar-refractivity contribution in [3.8, 4) is 0 Å². The Hall–Kier alpha value is -1.89. The number of nitrogens with zero attached hydrogens (tertiary/aromatic N) is 1. The summed E-state index contributed by atoms with van der Waals surface area (Å²) in [4.78, 5) is 23.9. The lowest BCUT2D eigenvalue weighted by Gasteiger charge is -2.18. The zero-order valence-corrected chi connectivity index (χ0v) is 12.2. The highest BCUT2D eigenvalue weighted by atomic mass is 32.2. The summed E-state index contributed by atoms with van der Waals surface area (Å²) >= 11 is 0. The molecule has 6 nitrogen and oxygen atoms in total. The molecule has 0 fully saturated rings. The van der Waals surface area contributed by atoms with Crippen molar-refractivity contribution in [2.24, 2.45) is 0 Å². The monoisotopic (exact) mass is 299 g/mol. The number of rotatable bonds is 6. The van der Waals surface area contributed by atoms with Gasteiger partial charge in [0.25, 0.3) is 5.91 Å². The Morgan fingerprint density at radius 2 is 1.85 bits per heavy atom. The first-order valence-corrected chi connectivity index (χ1v) is 7.74. The molecule has 1 aromatic rings.